The van der Waals surface area contributed by atoms with Crippen LogP contribution in [0.2, 0.25) is 0 Å². The fraction of sp³-hybridized carbons (Fsp3) is 0.333. The van der Waals surface area contributed by atoms with Crippen LogP contribution in [0.3, 0.4) is 0 Å². The Morgan fingerprint density at radius 1 is 0.429 bits per heavy atom. The third-order valence-corrected chi connectivity index (χ3v) is 13.9. The first-order chi connectivity index (χ1) is 29.3. The summed E-state index contributed by atoms with van der Waals surface area (Å²) in [6.07, 6.45) is 6.58. The van der Waals surface area contributed by atoms with E-state index in [-0.39, 0.29) is 21.7 Å². The van der Waals surface area contributed by atoms with Gasteiger partial charge in [0.2, 0.25) is 0 Å². The molecule has 63 heavy (non-hydrogen) atoms. The van der Waals surface area contributed by atoms with Gasteiger partial charge in [-0.05, 0) is 167 Å². The lowest BCUT2D eigenvalue weighted by molar-refractivity contribution is 0.568. The van der Waals surface area contributed by atoms with Gasteiger partial charge in [0.1, 0.15) is 0 Å². The molecule has 0 amide bonds. The van der Waals surface area contributed by atoms with Crippen molar-refractivity contribution in [3.63, 3.8) is 0 Å². The highest BCUT2D eigenvalue weighted by molar-refractivity contribution is 9.15. The third-order valence-electron chi connectivity index (χ3n) is 12.6. The van der Waals surface area contributed by atoms with Crippen molar-refractivity contribution >= 4 is 76.6 Å². The summed E-state index contributed by atoms with van der Waals surface area (Å²) in [6, 6.07) is 27.6. The second kappa shape index (κ2) is 15.7. The van der Waals surface area contributed by atoms with Gasteiger partial charge in [0.15, 0.2) is 0 Å². The molecule has 0 atom stereocenters. The normalized spacial score (nSPS) is 13.5. The van der Waals surface area contributed by atoms with E-state index in [9.17, 15) is 0 Å². The maximum Gasteiger partial charge on any atom is 0.0801 e. The van der Waals surface area contributed by atoms with E-state index >= 15 is 0 Å². The van der Waals surface area contributed by atoms with Crippen LogP contribution in [0, 0.1) is 20.8 Å². The summed E-state index contributed by atoms with van der Waals surface area (Å²) in [7, 11) is 0. The molecule has 6 heteroatoms. The number of hydrogen-bond acceptors (Lipinski definition) is 2. The molecule has 0 saturated carbocycles. The molecular weight excluding hydrogens is 900 g/mol. The quantitative estimate of drug-likeness (QED) is 0.185. The van der Waals surface area contributed by atoms with Crippen molar-refractivity contribution in [3.8, 4) is 33.4 Å². The largest absolute Gasteiger partial charge is 0.354 e. The summed E-state index contributed by atoms with van der Waals surface area (Å²) in [5.74, 6) is 0. The summed E-state index contributed by atoms with van der Waals surface area (Å²) in [4.78, 5) is 18.9. The van der Waals surface area contributed by atoms with E-state index < -0.39 is 0 Å². The Bertz CT molecular complexity index is 3000. The summed E-state index contributed by atoms with van der Waals surface area (Å²) in [6.45, 7) is 34.2. The van der Waals surface area contributed by atoms with E-state index in [1.807, 2.05) is 0 Å². The van der Waals surface area contributed by atoms with E-state index in [0.717, 1.165) is 81.6 Å². The van der Waals surface area contributed by atoms with Crippen LogP contribution in [-0.4, -0.2) is 19.9 Å². The van der Waals surface area contributed by atoms with Crippen LogP contribution in [0.1, 0.15) is 145 Å². The smallest absolute Gasteiger partial charge is 0.0801 e. The predicted octanol–water partition coefficient (Wildman–Crippen LogP) is 17.3. The second-order valence-electron chi connectivity index (χ2n) is 22.0. The number of hydrogen-bond donors (Lipinski definition) is 2. The molecular formula is C57H62Br2N4. The number of nitrogens with one attached hydrogen (secondary N) is 2. The number of aromatic nitrogens is 4. The minimum Gasteiger partial charge on any atom is -0.354 e. The summed E-state index contributed by atoms with van der Waals surface area (Å²) in [5.41, 5.74) is 22.7. The Kier molecular flexibility index (Phi) is 11.2. The number of rotatable bonds is 3. The fourth-order valence-electron chi connectivity index (χ4n) is 8.92. The van der Waals surface area contributed by atoms with Crippen LogP contribution >= 0.6 is 31.9 Å². The number of aromatic amines is 2. The highest BCUT2D eigenvalue weighted by Gasteiger charge is 2.26. The maximum absolute atomic E-state index is 5.65. The molecule has 8 bridgehead atoms. The Labute approximate surface area is 392 Å². The van der Waals surface area contributed by atoms with Crippen LogP contribution < -0.4 is 0 Å². The number of aryl methyl sites for hydroxylation is 3. The molecule has 6 aromatic rings. The fourth-order valence-corrected chi connectivity index (χ4v) is 9.78. The molecule has 3 aromatic heterocycles. The predicted molar refractivity (Wildman–Crippen MR) is 280 cm³/mol. The van der Waals surface area contributed by atoms with E-state index in [1.165, 1.54) is 44.5 Å². The van der Waals surface area contributed by atoms with Crippen LogP contribution in [0.25, 0.3) is 78.2 Å². The van der Waals surface area contributed by atoms with Crippen molar-refractivity contribution in [1.82, 2.24) is 19.9 Å². The van der Waals surface area contributed by atoms with Gasteiger partial charge in [-0.2, -0.15) is 0 Å². The first kappa shape index (κ1) is 44.8. The van der Waals surface area contributed by atoms with Crippen LogP contribution in [0.15, 0.2) is 77.3 Å². The van der Waals surface area contributed by atoms with Crippen molar-refractivity contribution in [1.29, 1.82) is 0 Å². The van der Waals surface area contributed by atoms with E-state index in [1.54, 1.807) is 0 Å². The topological polar surface area (TPSA) is 57.4 Å². The molecule has 0 radical (unpaired) electrons. The number of fused-ring (bicyclic) bond motifs is 8. The van der Waals surface area contributed by atoms with E-state index in [2.05, 4.69) is 237 Å². The number of nitrogens with zero attached hydrogens (tertiary/aromatic N) is 2. The van der Waals surface area contributed by atoms with Crippen molar-refractivity contribution in [2.24, 2.45) is 0 Å². The molecule has 2 aliphatic heterocycles. The first-order valence-electron chi connectivity index (χ1n) is 22.2. The van der Waals surface area contributed by atoms with Gasteiger partial charge in [0.05, 0.1) is 28.3 Å². The van der Waals surface area contributed by atoms with Crippen LogP contribution in [-0.2, 0) is 21.7 Å². The molecule has 4 nitrogen and oxygen atoms in total. The average Bonchev–Trinajstić information content (AvgIpc) is 3.97. The minimum atomic E-state index is -0.0623. The molecule has 0 aliphatic carbocycles. The molecule has 0 unspecified atom stereocenters. The molecule has 3 aromatic carbocycles. The average molecular weight is 963 g/mol. The number of halogens is 2. The van der Waals surface area contributed by atoms with Crippen molar-refractivity contribution < 1.29 is 0 Å². The van der Waals surface area contributed by atoms with Gasteiger partial charge in [-0.15, -0.1) is 0 Å². The van der Waals surface area contributed by atoms with Gasteiger partial charge in [0, 0.05) is 42.2 Å². The third kappa shape index (κ3) is 8.75. The molecule has 2 aliphatic rings. The molecule has 8 rings (SSSR count). The number of benzene rings is 3. The Morgan fingerprint density at radius 2 is 0.857 bits per heavy atom. The SMILES string of the molecule is Cc1cc(C)c(-c2c3nc(c(-c4cc(C(C)(C)C)cc(C(C)(C)C)c4)c4cc(Br)c(cc5nc(c(-c6cc(C(C)(C)C)cc(C(C)(C)C)c6)c6ccc2[nH]6)C=C5Br)[nH]4)C=C3)c(C)c1. The highest BCUT2D eigenvalue weighted by atomic mass is 79.9. The monoisotopic (exact) mass is 960 g/mol. The summed E-state index contributed by atoms with van der Waals surface area (Å²) < 4.78 is 1.88. The summed E-state index contributed by atoms with van der Waals surface area (Å²) >= 11 is 7.96. The highest BCUT2D eigenvalue weighted by Crippen LogP contribution is 2.43. The van der Waals surface area contributed by atoms with Gasteiger partial charge in [-0.1, -0.05) is 137 Å². The molecule has 0 saturated heterocycles. The van der Waals surface area contributed by atoms with E-state index in [4.69, 9.17) is 9.97 Å². The van der Waals surface area contributed by atoms with Crippen molar-refractivity contribution in [2.45, 2.75) is 126 Å². The number of H-pyrrole nitrogens is 2. The van der Waals surface area contributed by atoms with Gasteiger partial charge in [-0.3, -0.25) is 0 Å². The van der Waals surface area contributed by atoms with Crippen molar-refractivity contribution in [2.75, 3.05) is 0 Å². The molecule has 2 N–H and O–H groups in total. The standard InChI is InChI=1S/C57H62Br2N4/c1-31-20-32(2)50(33(3)21-31)53-44-18-16-42(60-44)51(34-22-36(54(4,5)6)26-37(23-34)55(7,8)9)48-28-40(58)46(62-48)30-47-41(59)29-49(63-47)52(43-17-19-45(53)61-43)35-24-38(56(10,11)12)27-39(25-35)57(13,14)15/h16-30,60,63H,1-15H3. The lowest BCUT2D eigenvalue weighted by Crippen LogP contribution is -2.16. The molecule has 5 heterocycles. The molecule has 324 valence electrons. The first-order valence-corrected chi connectivity index (χ1v) is 23.8. The van der Waals surface area contributed by atoms with Gasteiger partial charge >= 0.3 is 0 Å². The Hall–Kier alpha value is -4.78. The molecule has 0 fully saturated rings. The maximum atomic E-state index is 5.65. The van der Waals surface area contributed by atoms with Gasteiger partial charge in [-0.25, -0.2) is 9.97 Å². The zero-order valence-corrected chi connectivity index (χ0v) is 43.0. The Balaban J connectivity index is 1.59. The van der Waals surface area contributed by atoms with E-state index in [0.29, 0.717) is 0 Å². The van der Waals surface area contributed by atoms with Crippen LogP contribution in [0.5, 0.6) is 0 Å². The Morgan fingerprint density at radius 3 is 1.33 bits per heavy atom. The van der Waals surface area contributed by atoms with Gasteiger partial charge < -0.3 is 9.97 Å². The molecule has 0 spiro atoms. The lowest BCUT2D eigenvalue weighted by atomic mass is 9.78. The zero-order valence-electron chi connectivity index (χ0n) is 39.8. The zero-order chi connectivity index (χ0) is 45.7. The lowest BCUT2D eigenvalue weighted by Gasteiger charge is -2.26. The minimum absolute atomic E-state index is 0.0623. The second-order valence-corrected chi connectivity index (χ2v) is 23.7. The van der Waals surface area contributed by atoms with Crippen molar-refractivity contribution in [3.05, 3.63) is 139 Å². The van der Waals surface area contributed by atoms with Gasteiger partial charge in [0.25, 0.3) is 0 Å². The van der Waals surface area contributed by atoms with Crippen LogP contribution in [0.4, 0.5) is 0 Å². The summed E-state index contributed by atoms with van der Waals surface area (Å²) in [5, 5.41) is 0.